The normalized spacial score (nSPS) is 19.6. The topological polar surface area (TPSA) is 253 Å². The summed E-state index contributed by atoms with van der Waals surface area (Å²) in [6.07, 6.45) is 3.52. The van der Waals surface area contributed by atoms with Gasteiger partial charge in [-0.05, 0) is 125 Å². The van der Waals surface area contributed by atoms with Gasteiger partial charge in [-0.15, -0.1) is 0 Å². The van der Waals surface area contributed by atoms with Crippen molar-refractivity contribution < 1.29 is 71.7 Å². The molecule has 3 amide bonds. The molecule has 9 aromatic rings. The van der Waals surface area contributed by atoms with Crippen LogP contribution >= 0.6 is 15.9 Å². The predicted octanol–water partition coefficient (Wildman–Crippen LogP) is 14.5. The number of nitrogens with two attached hydrogens (primary N) is 1. The highest BCUT2D eigenvalue weighted by Gasteiger charge is 2.42. The van der Waals surface area contributed by atoms with Crippen LogP contribution in [0.5, 0.6) is 11.5 Å². The maximum absolute atomic E-state index is 13.6. The van der Waals surface area contributed by atoms with E-state index in [1.807, 2.05) is 205 Å². The van der Waals surface area contributed by atoms with Crippen molar-refractivity contribution in [1.29, 1.82) is 0 Å². The van der Waals surface area contributed by atoms with E-state index in [1.54, 1.807) is 24.3 Å². The summed E-state index contributed by atoms with van der Waals surface area (Å²) in [4.78, 5) is 57.2. The van der Waals surface area contributed by atoms with Crippen LogP contribution in [0.25, 0.3) is 0 Å². The molecule has 4 bridgehead atoms. The Kier molecular flexibility index (Phi) is 33.4. The van der Waals surface area contributed by atoms with E-state index < -0.39 is 24.2 Å². The first-order chi connectivity index (χ1) is 56.4. The molecule has 7 fully saturated rings. The van der Waals surface area contributed by atoms with Crippen LogP contribution in [-0.4, -0.2) is 172 Å². The van der Waals surface area contributed by atoms with Crippen LogP contribution in [0.2, 0.25) is 0 Å². The van der Waals surface area contributed by atoms with Gasteiger partial charge in [-0.1, -0.05) is 216 Å². The van der Waals surface area contributed by atoms with Crippen LogP contribution in [-0.2, 0) is 70.7 Å². The average molecular weight is 1630 g/mol. The van der Waals surface area contributed by atoms with Gasteiger partial charge in [0.25, 0.3) is 5.91 Å². The molecule has 22 nitrogen and oxygen atoms in total. The highest BCUT2D eigenvalue weighted by atomic mass is 79.9. The number of halogens is 1. The number of carboxylic acid groups (broad SMARTS) is 1. The number of carbonyl (C=O) groups is 4. The van der Waals surface area contributed by atoms with Crippen molar-refractivity contribution in [1.82, 2.24) is 30.7 Å². The third-order valence-electron chi connectivity index (χ3n) is 20.8. The van der Waals surface area contributed by atoms with Crippen molar-refractivity contribution in [2.75, 3.05) is 97.3 Å². The molecular formula is C92H106BrN7O15. The number of hydrogen-bond donors (Lipinski definition) is 5. The van der Waals surface area contributed by atoms with Gasteiger partial charge in [0.05, 0.1) is 57.3 Å². The Morgan fingerprint density at radius 1 is 0.461 bits per heavy atom. The zero-order valence-corrected chi connectivity index (χ0v) is 66.6. The van der Waals surface area contributed by atoms with Crippen molar-refractivity contribution in [3.63, 3.8) is 0 Å². The zero-order valence-electron chi connectivity index (χ0n) is 65.0. The van der Waals surface area contributed by atoms with Crippen LogP contribution in [0.3, 0.4) is 0 Å². The number of aromatic carboxylic acids is 1. The maximum atomic E-state index is 13.6. The standard InChI is InChI=1S/C40H43N3O6.C28H28N2O5.C12H17NO2.C7H9N.C5H9BrO2/c44-39(43(21-19-37-46-22-23-47-37)25-29-8-3-1-4-9-29)32-16-14-30(15-17-32)28-48-35-13-7-12-33(24-35)38(31-10-5-2-6-11-31)41-40(45)49-36-27-42-20-18-34(36)26-42;31-27(32)21-11-9-19(10-12-21)18-34-24-8-4-7-22(15-24)26(20-5-2-1-3-6-20)29-28(33)35-25-17-30-14-13-23(25)16-30;1-2-4-11(5-3-1)10-13-7-6-12-14-8-9-15-12;8-6-7-4-2-1-3-5-7;6-2-1-5-7-3-4-8-5/h1-17,24,34,36-38H,18-23,25-28H2,(H,41,45);1-12,15,23,25-26H,13-14,16-18H2,(H,29,33)(H,31,32);1-5,12-13H,6-10H2;1-5H,6,8H2;5H,1-4H2/t34?,36-,38-;23?,25-,26-;;;/m00.../s1. The molecular weight excluding hydrogens is 1520 g/mol. The first-order valence-electron chi connectivity index (χ1n) is 39.9. The number of amides is 3. The number of benzene rings is 9. The molecule has 0 spiro atoms. The molecule has 9 aromatic carbocycles. The molecule has 23 heteroatoms. The van der Waals surface area contributed by atoms with Gasteiger partial charge in [0.2, 0.25) is 0 Å². The molecule has 0 saturated carbocycles. The number of carboxylic acids is 1. The Hall–Kier alpha value is -9.86. The number of rotatable bonds is 29. The third kappa shape index (κ3) is 27.1. The number of piperidine rings is 2. The van der Waals surface area contributed by atoms with Crippen molar-refractivity contribution >= 4 is 40.0 Å². The fraction of sp³-hybridized carbons (Fsp3) is 0.370. The highest BCUT2D eigenvalue weighted by Crippen LogP contribution is 2.34. The van der Waals surface area contributed by atoms with Crippen LogP contribution in [0.15, 0.2) is 249 Å². The molecule has 0 aromatic heterocycles. The minimum absolute atomic E-state index is 0.00766. The lowest BCUT2D eigenvalue weighted by atomic mass is 9.98. The number of alkyl halides is 1. The van der Waals surface area contributed by atoms with E-state index in [0.29, 0.717) is 81.4 Å². The van der Waals surface area contributed by atoms with Gasteiger partial charge in [0.15, 0.2) is 18.9 Å². The lowest BCUT2D eigenvalue weighted by molar-refractivity contribution is -0.0505. The SMILES string of the molecule is BrCCC1OCCO1.NCc1ccccc1.O=C(N[C@@H](c1ccccc1)c1cccc(OCc2ccc(C(=O)N(CCC3OCCO3)Cc3ccccc3)cc2)c1)O[C@H]1CN2CCC1C2.O=C(N[C@@H](c1ccccc1)c1cccc(OCc2ccc(C(=O)O)cc2)c1)O[C@H]1CN2CCC1C2.c1ccc(CNCCC2OCCO2)cc1. The number of nitrogens with zero attached hydrogens (tertiary/aromatic N) is 3. The van der Waals surface area contributed by atoms with Gasteiger partial charge in [0, 0.05) is 101 Å². The number of nitrogens with one attached hydrogen (secondary N) is 3. The van der Waals surface area contributed by atoms with Crippen LogP contribution in [0.1, 0.15) is 115 Å². The van der Waals surface area contributed by atoms with E-state index in [1.165, 1.54) is 11.1 Å². The first-order valence-corrected chi connectivity index (χ1v) is 41.0. The number of ether oxygens (including phenoxy) is 10. The molecule has 7 heterocycles. The monoisotopic (exact) mass is 1630 g/mol. The van der Waals surface area contributed by atoms with Gasteiger partial charge in [-0.2, -0.15) is 0 Å². The lowest BCUT2D eigenvalue weighted by Crippen LogP contribution is -2.37. The lowest BCUT2D eigenvalue weighted by Gasteiger charge is -2.25. The van der Waals surface area contributed by atoms with Crippen LogP contribution < -0.4 is 31.2 Å². The summed E-state index contributed by atoms with van der Waals surface area (Å²) in [6, 6.07) is 78.8. The minimum atomic E-state index is -0.957. The van der Waals surface area contributed by atoms with Gasteiger partial charge < -0.3 is 79.1 Å². The van der Waals surface area contributed by atoms with E-state index in [9.17, 15) is 19.2 Å². The summed E-state index contributed by atoms with van der Waals surface area (Å²) in [7, 11) is 0. The van der Waals surface area contributed by atoms with Crippen LogP contribution in [0.4, 0.5) is 9.59 Å². The van der Waals surface area contributed by atoms with E-state index in [0.717, 1.165) is 149 Å². The molecule has 16 rings (SSSR count). The van der Waals surface area contributed by atoms with Crippen molar-refractivity contribution in [2.45, 2.75) is 108 Å². The number of hydrogen-bond acceptors (Lipinski definition) is 18. The van der Waals surface area contributed by atoms with Gasteiger partial charge in [-0.3, -0.25) is 14.6 Å². The largest absolute Gasteiger partial charge is 0.489 e. The van der Waals surface area contributed by atoms with Gasteiger partial charge in [-0.25, -0.2) is 14.4 Å². The van der Waals surface area contributed by atoms with Crippen molar-refractivity contribution in [3.05, 3.63) is 310 Å². The quantitative estimate of drug-likeness (QED) is 0.0216. The second kappa shape index (κ2) is 45.4. The third-order valence-corrected chi connectivity index (χ3v) is 21.3. The smallest absolute Gasteiger partial charge is 0.408 e. The molecule has 6 N–H and O–H groups in total. The van der Waals surface area contributed by atoms with E-state index in [-0.39, 0.29) is 48.6 Å². The average Bonchev–Trinajstić information content (AvgIpc) is 1.72. The number of carbonyl (C=O) groups excluding carboxylic acids is 3. The molecule has 115 heavy (non-hydrogen) atoms. The van der Waals surface area contributed by atoms with E-state index in [4.69, 9.17) is 58.2 Å². The molecule has 4 unspecified atom stereocenters. The molecule has 0 aliphatic carbocycles. The predicted molar refractivity (Wildman–Crippen MR) is 442 cm³/mol. The summed E-state index contributed by atoms with van der Waals surface area (Å²) in [6.45, 7) is 14.1. The Labute approximate surface area is 682 Å². The summed E-state index contributed by atoms with van der Waals surface area (Å²) in [5.74, 6) is 1.18. The van der Waals surface area contributed by atoms with Gasteiger partial charge >= 0.3 is 18.2 Å². The first kappa shape index (κ1) is 84.5. The molecule has 606 valence electrons. The fourth-order valence-electron chi connectivity index (χ4n) is 14.7. The van der Waals surface area contributed by atoms with Crippen molar-refractivity contribution in [2.24, 2.45) is 17.6 Å². The minimum Gasteiger partial charge on any atom is -0.489 e. The summed E-state index contributed by atoms with van der Waals surface area (Å²) in [5.41, 5.74) is 15.2. The second-order valence-corrected chi connectivity index (χ2v) is 29.8. The van der Waals surface area contributed by atoms with Gasteiger partial charge in [0.1, 0.15) is 36.9 Å². The summed E-state index contributed by atoms with van der Waals surface area (Å²) >= 11 is 3.30. The zero-order chi connectivity index (χ0) is 79.6. The molecule has 0 radical (unpaired) electrons. The van der Waals surface area contributed by atoms with Crippen molar-refractivity contribution in [3.8, 4) is 11.5 Å². The van der Waals surface area contributed by atoms with E-state index in [2.05, 4.69) is 65.9 Å². The Morgan fingerprint density at radius 2 is 0.870 bits per heavy atom. The summed E-state index contributed by atoms with van der Waals surface area (Å²) in [5, 5.41) is 19.6. The molecule has 7 saturated heterocycles. The fourth-order valence-corrected chi connectivity index (χ4v) is 15.1. The Balaban J connectivity index is 0.000000158. The molecule has 7 aliphatic rings. The number of fused-ring (bicyclic) bond motifs is 4. The molecule has 7 aliphatic heterocycles. The highest BCUT2D eigenvalue weighted by molar-refractivity contribution is 9.09. The summed E-state index contributed by atoms with van der Waals surface area (Å²) < 4.78 is 56.1. The molecule has 8 atom stereocenters. The van der Waals surface area contributed by atoms with Crippen LogP contribution in [0, 0.1) is 11.8 Å². The Bertz CT molecular complexity index is 4360. The maximum Gasteiger partial charge on any atom is 0.408 e. The number of alkyl carbamates (subject to hydrolysis) is 2. The van der Waals surface area contributed by atoms with E-state index >= 15 is 0 Å². The Morgan fingerprint density at radius 3 is 1.28 bits per heavy atom. The second-order valence-electron chi connectivity index (χ2n) is 29.0.